The predicted molar refractivity (Wildman–Crippen MR) is 101 cm³/mol. The smallest absolute Gasteiger partial charge is 0.292 e. The Hall–Kier alpha value is -1.62. The number of halogens is 1. The first-order chi connectivity index (χ1) is 11.7. The van der Waals surface area contributed by atoms with Crippen molar-refractivity contribution < 1.29 is 9.59 Å². The maximum atomic E-state index is 12.8. The van der Waals surface area contributed by atoms with Gasteiger partial charge in [-0.2, -0.15) is 0 Å². The van der Waals surface area contributed by atoms with Gasteiger partial charge >= 0.3 is 0 Å². The molecular formula is C20H23BrN2O2. The molecule has 0 unspecified atom stereocenters. The normalized spacial score (nSPS) is 29.9. The van der Waals surface area contributed by atoms with E-state index in [9.17, 15) is 9.59 Å². The number of ketones is 1. The van der Waals surface area contributed by atoms with E-state index in [0.717, 1.165) is 28.2 Å². The van der Waals surface area contributed by atoms with Crippen molar-refractivity contribution in [2.75, 3.05) is 0 Å². The molecule has 25 heavy (non-hydrogen) atoms. The first kappa shape index (κ1) is 16.8. The van der Waals surface area contributed by atoms with Crippen LogP contribution in [0.5, 0.6) is 0 Å². The average molecular weight is 403 g/mol. The molecular weight excluding hydrogens is 380 g/mol. The second-order valence-electron chi connectivity index (χ2n) is 8.54. The van der Waals surface area contributed by atoms with Crippen molar-refractivity contribution in [1.82, 2.24) is 10.3 Å². The van der Waals surface area contributed by atoms with Crippen molar-refractivity contribution in [2.45, 2.75) is 46.1 Å². The van der Waals surface area contributed by atoms with Crippen LogP contribution in [0, 0.1) is 16.7 Å². The third-order valence-electron chi connectivity index (χ3n) is 6.64. The van der Waals surface area contributed by atoms with E-state index in [1.165, 1.54) is 6.42 Å². The Morgan fingerprint density at radius 2 is 2.04 bits per heavy atom. The maximum absolute atomic E-state index is 12.8. The van der Waals surface area contributed by atoms with E-state index in [4.69, 9.17) is 0 Å². The van der Waals surface area contributed by atoms with Gasteiger partial charge in [0.05, 0.1) is 5.56 Å². The van der Waals surface area contributed by atoms with Gasteiger partial charge in [0, 0.05) is 27.6 Å². The van der Waals surface area contributed by atoms with Gasteiger partial charge in [0.15, 0.2) is 0 Å². The van der Waals surface area contributed by atoms with Crippen LogP contribution in [-0.4, -0.2) is 22.7 Å². The lowest BCUT2D eigenvalue weighted by atomic mass is 9.68. The molecule has 1 amide bonds. The lowest BCUT2D eigenvalue weighted by Gasteiger charge is -2.42. The highest BCUT2D eigenvalue weighted by molar-refractivity contribution is 9.10. The van der Waals surface area contributed by atoms with Crippen molar-refractivity contribution in [3.8, 4) is 0 Å². The molecule has 2 bridgehead atoms. The number of aromatic amines is 1. The van der Waals surface area contributed by atoms with Crippen LogP contribution in [-0.2, 0) is 4.79 Å². The number of carbonyl (C=O) groups excluding carboxylic acids is 2. The topological polar surface area (TPSA) is 62.0 Å². The summed E-state index contributed by atoms with van der Waals surface area (Å²) in [6.07, 6.45) is 5.12. The van der Waals surface area contributed by atoms with Crippen molar-refractivity contribution in [2.24, 2.45) is 16.7 Å². The van der Waals surface area contributed by atoms with E-state index in [1.54, 1.807) is 6.20 Å². The van der Waals surface area contributed by atoms with Crippen molar-refractivity contribution in [3.05, 3.63) is 34.4 Å². The molecule has 4 rings (SSSR count). The largest absolute Gasteiger partial charge is 0.360 e. The molecule has 2 aromatic rings. The van der Waals surface area contributed by atoms with Crippen LogP contribution in [0.15, 0.2) is 28.9 Å². The molecule has 1 aromatic heterocycles. The average Bonchev–Trinajstić information content (AvgIpc) is 3.19. The summed E-state index contributed by atoms with van der Waals surface area (Å²) in [5, 5.41) is 3.87. The van der Waals surface area contributed by atoms with Crippen molar-refractivity contribution in [3.63, 3.8) is 0 Å². The van der Waals surface area contributed by atoms with Crippen LogP contribution in [0.1, 0.15) is 50.4 Å². The molecule has 0 radical (unpaired) electrons. The Morgan fingerprint density at radius 3 is 2.72 bits per heavy atom. The molecule has 2 aliphatic carbocycles. The molecule has 1 aromatic carbocycles. The third-order valence-corrected chi connectivity index (χ3v) is 7.13. The summed E-state index contributed by atoms with van der Waals surface area (Å²) >= 11 is 3.43. The lowest BCUT2D eigenvalue weighted by Crippen LogP contribution is -2.53. The van der Waals surface area contributed by atoms with Crippen molar-refractivity contribution >= 4 is 38.5 Å². The number of amides is 1. The number of nitrogens with one attached hydrogen (secondary N) is 2. The standard InChI is InChI=1S/C20H23BrN2O2/c1-19(2)11-6-7-20(3,9-11)18(19)23-17(25)16(24)14-10-22-15-5-4-12(21)8-13(14)15/h4-5,8,10-11,18,22H,6-7,9H2,1-3H3,(H,23,25)/t11-,18-,20+/m1/s1. The fourth-order valence-electron chi connectivity index (χ4n) is 5.26. The summed E-state index contributed by atoms with van der Waals surface area (Å²) in [5.41, 5.74) is 1.42. The Labute approximate surface area is 155 Å². The van der Waals surface area contributed by atoms with Crippen molar-refractivity contribution in [1.29, 1.82) is 0 Å². The molecule has 4 nitrogen and oxygen atoms in total. The number of rotatable bonds is 3. The number of hydrogen-bond donors (Lipinski definition) is 2. The Kier molecular flexibility index (Phi) is 3.66. The number of fused-ring (bicyclic) bond motifs is 3. The lowest BCUT2D eigenvalue weighted by molar-refractivity contribution is -0.119. The molecule has 5 heteroatoms. The number of aromatic nitrogens is 1. The number of hydrogen-bond acceptors (Lipinski definition) is 2. The SMILES string of the molecule is CC1(C)[C@@H]2CC[C@@](C)(C2)[C@@H]1NC(=O)C(=O)c1c[nH]c2ccc(Br)cc12. The summed E-state index contributed by atoms with van der Waals surface area (Å²) in [7, 11) is 0. The molecule has 2 aliphatic rings. The fraction of sp³-hybridized carbons (Fsp3) is 0.500. The van der Waals surface area contributed by atoms with Crippen LogP contribution >= 0.6 is 15.9 Å². The molecule has 2 fully saturated rings. The van der Waals surface area contributed by atoms with E-state index in [1.807, 2.05) is 18.2 Å². The van der Waals surface area contributed by atoms with Crippen LogP contribution < -0.4 is 5.32 Å². The van der Waals surface area contributed by atoms with E-state index in [2.05, 4.69) is 47.0 Å². The molecule has 0 saturated heterocycles. The summed E-state index contributed by atoms with van der Waals surface area (Å²) in [5.74, 6) is -0.332. The van der Waals surface area contributed by atoms with E-state index in [-0.39, 0.29) is 16.9 Å². The molecule has 0 spiro atoms. The van der Waals surface area contributed by atoms with Gasteiger partial charge < -0.3 is 10.3 Å². The van der Waals surface area contributed by atoms with E-state index in [0.29, 0.717) is 11.5 Å². The van der Waals surface area contributed by atoms with Gasteiger partial charge in [0.25, 0.3) is 11.7 Å². The second-order valence-corrected chi connectivity index (χ2v) is 9.46. The van der Waals surface area contributed by atoms with E-state index < -0.39 is 11.7 Å². The Bertz CT molecular complexity index is 880. The number of H-pyrrole nitrogens is 1. The van der Waals surface area contributed by atoms with E-state index >= 15 is 0 Å². The summed E-state index contributed by atoms with van der Waals surface area (Å²) in [4.78, 5) is 28.6. The van der Waals surface area contributed by atoms with Crippen LogP contribution in [0.4, 0.5) is 0 Å². The quantitative estimate of drug-likeness (QED) is 0.588. The zero-order chi connectivity index (χ0) is 18.0. The Balaban J connectivity index is 1.61. The highest BCUT2D eigenvalue weighted by Gasteiger charge is 2.59. The van der Waals surface area contributed by atoms with Crippen LogP contribution in [0.2, 0.25) is 0 Å². The molecule has 2 N–H and O–H groups in total. The first-order valence-corrected chi connectivity index (χ1v) is 9.63. The zero-order valence-corrected chi connectivity index (χ0v) is 16.4. The highest BCUT2D eigenvalue weighted by Crippen LogP contribution is 2.62. The number of carbonyl (C=O) groups is 2. The molecule has 0 aliphatic heterocycles. The minimum absolute atomic E-state index is 0.0339. The minimum Gasteiger partial charge on any atom is -0.360 e. The first-order valence-electron chi connectivity index (χ1n) is 8.84. The maximum Gasteiger partial charge on any atom is 0.292 e. The van der Waals surface area contributed by atoms with Gasteiger partial charge in [-0.3, -0.25) is 9.59 Å². The zero-order valence-electron chi connectivity index (χ0n) is 14.8. The van der Waals surface area contributed by atoms with Gasteiger partial charge in [0.1, 0.15) is 0 Å². The molecule has 1 heterocycles. The minimum atomic E-state index is -0.493. The molecule has 132 valence electrons. The fourth-order valence-corrected chi connectivity index (χ4v) is 5.62. The summed E-state index contributed by atoms with van der Waals surface area (Å²) < 4.78 is 0.885. The predicted octanol–water partition coefficient (Wildman–Crippen LogP) is 4.44. The van der Waals surface area contributed by atoms with Gasteiger partial charge in [-0.1, -0.05) is 36.7 Å². The van der Waals surface area contributed by atoms with Crippen LogP contribution in [0.25, 0.3) is 10.9 Å². The van der Waals surface area contributed by atoms with Gasteiger partial charge in [-0.25, -0.2) is 0 Å². The second kappa shape index (κ2) is 5.44. The third kappa shape index (κ3) is 2.47. The molecule has 3 atom stereocenters. The highest BCUT2D eigenvalue weighted by atomic mass is 79.9. The number of benzene rings is 1. The van der Waals surface area contributed by atoms with Crippen LogP contribution in [0.3, 0.4) is 0 Å². The van der Waals surface area contributed by atoms with Gasteiger partial charge in [0.2, 0.25) is 0 Å². The summed E-state index contributed by atoms with van der Waals surface area (Å²) in [6, 6.07) is 5.72. The summed E-state index contributed by atoms with van der Waals surface area (Å²) in [6.45, 7) is 6.70. The van der Waals surface area contributed by atoms with Gasteiger partial charge in [-0.15, -0.1) is 0 Å². The number of Topliss-reactive ketones (excluding diaryl/α,β-unsaturated/α-hetero) is 1. The van der Waals surface area contributed by atoms with Gasteiger partial charge in [-0.05, 0) is 54.2 Å². The molecule has 2 saturated carbocycles. The Morgan fingerprint density at radius 1 is 1.28 bits per heavy atom. The monoisotopic (exact) mass is 402 g/mol.